The minimum Gasteiger partial charge on any atom is -0.457 e. The maximum Gasteiger partial charge on any atom is 0.128 e. The summed E-state index contributed by atoms with van der Waals surface area (Å²) in [6, 6.07) is 23.0. The van der Waals surface area contributed by atoms with Crippen LogP contribution < -0.4 is 16.2 Å². The largest absolute Gasteiger partial charge is 0.457 e. The Morgan fingerprint density at radius 3 is 2.05 bits per heavy atom. The van der Waals surface area contributed by atoms with E-state index in [0.29, 0.717) is 5.69 Å². The van der Waals surface area contributed by atoms with Crippen LogP contribution in [-0.2, 0) is 0 Å². The molecule has 0 aromatic heterocycles. The van der Waals surface area contributed by atoms with Gasteiger partial charge in [-0.15, -0.1) is 0 Å². The first-order valence-electron chi connectivity index (χ1n) is 6.71. The van der Waals surface area contributed by atoms with E-state index in [9.17, 15) is 0 Å². The van der Waals surface area contributed by atoms with Crippen LogP contribution in [0, 0.1) is 0 Å². The molecule has 0 aliphatic heterocycles. The number of benzene rings is 3. The summed E-state index contributed by atoms with van der Waals surface area (Å²) in [7, 11) is 0. The van der Waals surface area contributed by atoms with Crippen LogP contribution in [0.4, 0.5) is 11.4 Å². The average molecular weight is 276 g/mol. The van der Waals surface area contributed by atoms with Crippen LogP contribution in [-0.4, -0.2) is 0 Å². The van der Waals surface area contributed by atoms with E-state index >= 15 is 0 Å². The highest BCUT2D eigenvalue weighted by Gasteiger charge is 2.05. The molecule has 0 atom stereocenters. The molecule has 0 saturated heterocycles. The molecule has 0 amide bonds. The summed E-state index contributed by atoms with van der Waals surface area (Å²) < 4.78 is 5.84. The normalized spacial score (nSPS) is 10.3. The highest BCUT2D eigenvalue weighted by atomic mass is 16.5. The van der Waals surface area contributed by atoms with Crippen LogP contribution in [0.3, 0.4) is 0 Å². The van der Waals surface area contributed by atoms with Crippen molar-refractivity contribution in [3.8, 4) is 22.6 Å². The number of rotatable bonds is 3. The van der Waals surface area contributed by atoms with E-state index in [1.807, 2.05) is 72.8 Å². The lowest BCUT2D eigenvalue weighted by atomic mass is 10.0. The van der Waals surface area contributed by atoms with E-state index < -0.39 is 0 Å². The Morgan fingerprint density at radius 1 is 0.667 bits per heavy atom. The monoisotopic (exact) mass is 276 g/mol. The maximum atomic E-state index is 6.06. The number of nitrogens with two attached hydrogens (primary N) is 2. The molecule has 0 aliphatic rings. The molecule has 0 unspecified atom stereocenters. The lowest BCUT2D eigenvalue weighted by molar-refractivity contribution is 0.483. The van der Waals surface area contributed by atoms with Gasteiger partial charge in [-0.3, -0.25) is 0 Å². The molecule has 3 aromatic rings. The van der Waals surface area contributed by atoms with Crippen molar-refractivity contribution in [2.24, 2.45) is 0 Å². The van der Waals surface area contributed by atoms with Gasteiger partial charge in [-0.1, -0.05) is 30.3 Å². The number of hydrogen-bond acceptors (Lipinski definition) is 3. The van der Waals surface area contributed by atoms with Crippen LogP contribution >= 0.6 is 0 Å². The summed E-state index contributed by atoms with van der Waals surface area (Å²) in [5.41, 5.74) is 15.2. The minimum absolute atomic E-state index is 0.713. The van der Waals surface area contributed by atoms with Gasteiger partial charge in [0.05, 0.1) is 0 Å². The molecule has 3 rings (SSSR count). The molecule has 3 heteroatoms. The quantitative estimate of drug-likeness (QED) is 0.701. The van der Waals surface area contributed by atoms with Gasteiger partial charge in [0.1, 0.15) is 11.5 Å². The van der Waals surface area contributed by atoms with Gasteiger partial charge in [0.25, 0.3) is 0 Å². The zero-order chi connectivity index (χ0) is 14.7. The van der Waals surface area contributed by atoms with Crippen LogP contribution in [0.2, 0.25) is 0 Å². The second-order valence-corrected chi connectivity index (χ2v) is 4.79. The van der Waals surface area contributed by atoms with E-state index in [1.165, 1.54) is 0 Å². The highest BCUT2D eigenvalue weighted by molar-refractivity contribution is 5.77. The third-order valence-corrected chi connectivity index (χ3v) is 3.23. The lowest BCUT2D eigenvalue weighted by Gasteiger charge is -2.10. The third-order valence-electron chi connectivity index (χ3n) is 3.23. The van der Waals surface area contributed by atoms with E-state index in [2.05, 4.69) is 0 Å². The predicted octanol–water partition coefficient (Wildman–Crippen LogP) is 4.31. The van der Waals surface area contributed by atoms with Crippen LogP contribution in [0.5, 0.6) is 11.5 Å². The molecule has 0 saturated carbocycles. The van der Waals surface area contributed by atoms with Crippen LogP contribution in [0.25, 0.3) is 11.1 Å². The van der Waals surface area contributed by atoms with Crippen molar-refractivity contribution >= 4 is 11.4 Å². The molecule has 0 bridgehead atoms. The van der Waals surface area contributed by atoms with Gasteiger partial charge in [-0.25, -0.2) is 0 Å². The SMILES string of the molecule is Nc1ccc(Oc2ccc(N)c(-c3ccccc3)c2)cc1. The molecule has 0 aliphatic carbocycles. The summed E-state index contributed by atoms with van der Waals surface area (Å²) in [5, 5.41) is 0. The molecule has 21 heavy (non-hydrogen) atoms. The fourth-order valence-corrected chi connectivity index (χ4v) is 2.14. The first-order chi connectivity index (χ1) is 10.2. The third kappa shape index (κ3) is 2.98. The molecule has 104 valence electrons. The fraction of sp³-hybridized carbons (Fsp3) is 0. The van der Waals surface area contributed by atoms with Crippen molar-refractivity contribution in [2.45, 2.75) is 0 Å². The molecule has 3 nitrogen and oxygen atoms in total. The average Bonchev–Trinajstić information content (AvgIpc) is 2.52. The molecule has 3 aromatic carbocycles. The summed E-state index contributed by atoms with van der Waals surface area (Å²) in [4.78, 5) is 0. The molecule has 0 radical (unpaired) electrons. The first-order valence-corrected chi connectivity index (χ1v) is 6.71. The highest BCUT2D eigenvalue weighted by Crippen LogP contribution is 2.32. The predicted molar refractivity (Wildman–Crippen MR) is 87.2 cm³/mol. The van der Waals surface area contributed by atoms with Crippen molar-refractivity contribution in [3.05, 3.63) is 72.8 Å². The second kappa shape index (κ2) is 5.59. The zero-order valence-electron chi connectivity index (χ0n) is 11.5. The Labute approximate surface area is 123 Å². The topological polar surface area (TPSA) is 61.3 Å². The zero-order valence-corrected chi connectivity index (χ0v) is 11.5. The van der Waals surface area contributed by atoms with Gasteiger partial charge in [0.15, 0.2) is 0 Å². The van der Waals surface area contributed by atoms with Crippen molar-refractivity contribution in [1.82, 2.24) is 0 Å². The van der Waals surface area contributed by atoms with Crippen LogP contribution in [0.1, 0.15) is 0 Å². The van der Waals surface area contributed by atoms with E-state index in [-0.39, 0.29) is 0 Å². The Hall–Kier alpha value is -2.94. The Balaban J connectivity index is 1.92. The fourth-order valence-electron chi connectivity index (χ4n) is 2.14. The lowest BCUT2D eigenvalue weighted by Crippen LogP contribution is -1.92. The summed E-state index contributed by atoms with van der Waals surface area (Å²) in [6.45, 7) is 0. The van der Waals surface area contributed by atoms with Crippen molar-refractivity contribution < 1.29 is 4.74 Å². The number of hydrogen-bond donors (Lipinski definition) is 2. The molecule has 0 spiro atoms. The smallest absolute Gasteiger partial charge is 0.128 e. The number of anilines is 2. The van der Waals surface area contributed by atoms with Gasteiger partial charge < -0.3 is 16.2 Å². The van der Waals surface area contributed by atoms with E-state index in [0.717, 1.165) is 28.3 Å². The molecule has 4 N–H and O–H groups in total. The number of nitrogen functional groups attached to an aromatic ring is 2. The standard InChI is InChI=1S/C18H16N2O/c19-14-6-8-15(9-7-14)21-16-10-11-18(20)17(12-16)13-4-2-1-3-5-13/h1-12H,19-20H2. The van der Waals surface area contributed by atoms with E-state index in [1.54, 1.807) is 0 Å². The van der Waals surface area contributed by atoms with Crippen molar-refractivity contribution in [2.75, 3.05) is 11.5 Å². The summed E-state index contributed by atoms with van der Waals surface area (Å²) in [5.74, 6) is 1.49. The summed E-state index contributed by atoms with van der Waals surface area (Å²) in [6.07, 6.45) is 0. The molecule has 0 fully saturated rings. The number of ether oxygens (including phenoxy) is 1. The Morgan fingerprint density at radius 2 is 1.33 bits per heavy atom. The first kappa shape index (κ1) is 13.1. The summed E-state index contributed by atoms with van der Waals surface area (Å²) >= 11 is 0. The van der Waals surface area contributed by atoms with Crippen LogP contribution in [0.15, 0.2) is 72.8 Å². The van der Waals surface area contributed by atoms with Gasteiger partial charge in [0, 0.05) is 16.9 Å². The van der Waals surface area contributed by atoms with Gasteiger partial charge in [0.2, 0.25) is 0 Å². The van der Waals surface area contributed by atoms with Gasteiger partial charge in [-0.2, -0.15) is 0 Å². The van der Waals surface area contributed by atoms with Crippen molar-refractivity contribution in [3.63, 3.8) is 0 Å². The van der Waals surface area contributed by atoms with E-state index in [4.69, 9.17) is 16.2 Å². The van der Waals surface area contributed by atoms with Gasteiger partial charge in [-0.05, 0) is 48.0 Å². The maximum absolute atomic E-state index is 6.06. The second-order valence-electron chi connectivity index (χ2n) is 4.79. The molecular weight excluding hydrogens is 260 g/mol. The Kier molecular flexibility index (Phi) is 3.48. The Bertz CT molecular complexity index is 737. The van der Waals surface area contributed by atoms with Gasteiger partial charge >= 0.3 is 0 Å². The van der Waals surface area contributed by atoms with Crippen molar-refractivity contribution in [1.29, 1.82) is 0 Å². The molecular formula is C18H16N2O. The molecule has 0 heterocycles. The minimum atomic E-state index is 0.713.